The molecule has 6 aliphatic carbocycles. The van der Waals surface area contributed by atoms with Crippen LogP contribution in [0.15, 0.2) is 24.3 Å². The van der Waals surface area contributed by atoms with Crippen LogP contribution in [-0.2, 0) is 24.1 Å². The van der Waals surface area contributed by atoms with Gasteiger partial charge < -0.3 is 5.32 Å². The van der Waals surface area contributed by atoms with Crippen molar-refractivity contribution in [1.82, 2.24) is 9.97 Å². The average molecular weight is 470 g/mol. The topological polar surface area (TPSA) is 54.9 Å². The molecule has 0 aliphatic heterocycles. The summed E-state index contributed by atoms with van der Waals surface area (Å²) in [4.78, 5) is 23.7. The maximum Gasteiger partial charge on any atom is 0.225 e. The van der Waals surface area contributed by atoms with Gasteiger partial charge >= 0.3 is 0 Å². The molecule has 2 aromatic rings. The fraction of sp³-hybridized carbons (Fsp3) is 0.645. The Balaban J connectivity index is 1.22. The van der Waals surface area contributed by atoms with Gasteiger partial charge in [-0.1, -0.05) is 43.5 Å². The van der Waals surface area contributed by atoms with Crippen LogP contribution in [0.3, 0.4) is 0 Å². The molecule has 0 spiro atoms. The third-order valence-electron chi connectivity index (χ3n) is 10.1. The van der Waals surface area contributed by atoms with E-state index in [9.17, 15) is 4.79 Å². The van der Waals surface area contributed by atoms with Crippen molar-refractivity contribution in [3.8, 4) is 11.3 Å². The molecular weight excluding hydrogens is 430 g/mol. The van der Waals surface area contributed by atoms with Gasteiger partial charge in [0, 0.05) is 12.0 Å². The second-order valence-corrected chi connectivity index (χ2v) is 12.8. The van der Waals surface area contributed by atoms with Gasteiger partial charge in [0.2, 0.25) is 5.91 Å². The first-order chi connectivity index (χ1) is 17.1. The van der Waals surface area contributed by atoms with E-state index in [-0.39, 0.29) is 5.91 Å². The lowest BCUT2D eigenvalue weighted by molar-refractivity contribution is -0.117. The molecule has 5 fully saturated rings. The first-order valence-electron chi connectivity index (χ1n) is 14.4. The number of amides is 1. The van der Waals surface area contributed by atoms with Crippen molar-refractivity contribution < 1.29 is 4.79 Å². The predicted octanol–water partition coefficient (Wildman–Crippen LogP) is 6.91. The zero-order valence-electron chi connectivity index (χ0n) is 21.0. The van der Waals surface area contributed by atoms with Crippen molar-refractivity contribution in [3.05, 3.63) is 41.2 Å². The summed E-state index contributed by atoms with van der Waals surface area (Å²) in [7, 11) is 0. The Morgan fingerprint density at radius 2 is 1.63 bits per heavy atom. The number of fused-ring (bicyclic) bond motifs is 3. The Hall–Kier alpha value is -2.23. The SMILES string of the molecule is O=C(CC1CCCCC1)Nc1nc2c(nc1CC13CC4CC(CC(C4)C1)C3)-c1ccccc1CC2. The van der Waals surface area contributed by atoms with Gasteiger partial charge in [-0.15, -0.1) is 0 Å². The summed E-state index contributed by atoms with van der Waals surface area (Å²) < 4.78 is 0. The van der Waals surface area contributed by atoms with E-state index in [0.717, 1.165) is 59.9 Å². The van der Waals surface area contributed by atoms with Gasteiger partial charge in [0.05, 0.1) is 17.1 Å². The monoisotopic (exact) mass is 469 g/mol. The number of hydrogen-bond acceptors (Lipinski definition) is 3. The largest absolute Gasteiger partial charge is 0.309 e. The number of nitrogens with one attached hydrogen (secondary N) is 1. The van der Waals surface area contributed by atoms with E-state index in [1.165, 1.54) is 81.8 Å². The second kappa shape index (κ2) is 8.71. The van der Waals surface area contributed by atoms with Crippen LogP contribution in [0.1, 0.15) is 94.0 Å². The molecule has 4 bridgehead atoms. The van der Waals surface area contributed by atoms with Crippen LogP contribution in [0.5, 0.6) is 0 Å². The summed E-state index contributed by atoms with van der Waals surface area (Å²) >= 11 is 0. The summed E-state index contributed by atoms with van der Waals surface area (Å²) in [5.74, 6) is 4.20. The van der Waals surface area contributed by atoms with Crippen molar-refractivity contribution in [1.29, 1.82) is 0 Å². The third-order valence-corrected chi connectivity index (χ3v) is 10.1. The minimum atomic E-state index is 0.147. The Labute approximate surface area is 209 Å². The highest BCUT2D eigenvalue weighted by molar-refractivity contribution is 5.90. The molecule has 184 valence electrons. The van der Waals surface area contributed by atoms with Crippen molar-refractivity contribution in [3.63, 3.8) is 0 Å². The van der Waals surface area contributed by atoms with E-state index in [4.69, 9.17) is 9.97 Å². The van der Waals surface area contributed by atoms with Crippen LogP contribution in [0.4, 0.5) is 5.82 Å². The molecule has 1 heterocycles. The first kappa shape index (κ1) is 22.0. The first-order valence-corrected chi connectivity index (χ1v) is 14.4. The second-order valence-electron chi connectivity index (χ2n) is 12.8. The number of aromatic nitrogens is 2. The number of nitrogens with zero attached hydrogens (tertiary/aromatic N) is 2. The molecule has 1 N–H and O–H groups in total. The van der Waals surface area contributed by atoms with Crippen molar-refractivity contribution in [2.45, 2.75) is 96.3 Å². The van der Waals surface area contributed by atoms with Gasteiger partial charge in [0.15, 0.2) is 5.82 Å². The van der Waals surface area contributed by atoms with Gasteiger partial charge in [-0.25, -0.2) is 9.97 Å². The number of rotatable bonds is 5. The number of aryl methyl sites for hydroxylation is 2. The van der Waals surface area contributed by atoms with E-state index in [2.05, 4.69) is 29.6 Å². The van der Waals surface area contributed by atoms with Gasteiger partial charge in [0.1, 0.15) is 0 Å². The third kappa shape index (κ3) is 4.21. The number of benzene rings is 1. The van der Waals surface area contributed by atoms with E-state index in [0.29, 0.717) is 17.8 Å². The highest BCUT2D eigenvalue weighted by Crippen LogP contribution is 2.61. The fourth-order valence-electron chi connectivity index (χ4n) is 9.04. The minimum Gasteiger partial charge on any atom is -0.309 e. The molecule has 1 amide bonds. The zero-order chi connectivity index (χ0) is 23.4. The number of carbonyl (C=O) groups excluding carboxylic acids is 1. The number of anilines is 1. The van der Waals surface area contributed by atoms with E-state index >= 15 is 0 Å². The minimum absolute atomic E-state index is 0.147. The molecule has 0 saturated heterocycles. The van der Waals surface area contributed by atoms with Gasteiger partial charge in [-0.2, -0.15) is 0 Å². The zero-order valence-corrected chi connectivity index (χ0v) is 21.0. The Bertz CT molecular complexity index is 1100. The quantitative estimate of drug-likeness (QED) is 0.518. The molecule has 0 atom stereocenters. The van der Waals surface area contributed by atoms with Crippen molar-refractivity contribution in [2.24, 2.45) is 29.1 Å². The summed E-state index contributed by atoms with van der Waals surface area (Å²) in [6.45, 7) is 0. The molecule has 1 aromatic carbocycles. The number of carbonyl (C=O) groups is 1. The summed E-state index contributed by atoms with van der Waals surface area (Å²) in [6, 6.07) is 8.69. The van der Waals surface area contributed by atoms with Gasteiger partial charge in [-0.3, -0.25) is 4.79 Å². The number of hydrogen-bond donors (Lipinski definition) is 1. The summed E-state index contributed by atoms with van der Waals surface area (Å²) in [6.07, 6.45) is 18.2. The van der Waals surface area contributed by atoms with Crippen LogP contribution in [0.2, 0.25) is 0 Å². The van der Waals surface area contributed by atoms with Crippen LogP contribution in [0.25, 0.3) is 11.3 Å². The fourth-order valence-corrected chi connectivity index (χ4v) is 9.04. The van der Waals surface area contributed by atoms with E-state index < -0.39 is 0 Å². The molecular formula is C31H39N3O. The lowest BCUT2D eigenvalue weighted by Crippen LogP contribution is -2.47. The van der Waals surface area contributed by atoms with Crippen LogP contribution < -0.4 is 5.32 Å². The summed E-state index contributed by atoms with van der Waals surface area (Å²) in [5, 5.41) is 3.30. The van der Waals surface area contributed by atoms with Crippen molar-refractivity contribution in [2.75, 3.05) is 5.32 Å². The average Bonchev–Trinajstić information content (AvgIpc) is 2.84. The Morgan fingerprint density at radius 1 is 0.914 bits per heavy atom. The van der Waals surface area contributed by atoms with Gasteiger partial charge in [-0.05, 0) is 105 Å². The summed E-state index contributed by atoms with van der Waals surface area (Å²) in [5.41, 5.74) is 6.17. The highest BCUT2D eigenvalue weighted by Gasteiger charge is 2.51. The lowest BCUT2D eigenvalue weighted by atomic mass is 9.48. The van der Waals surface area contributed by atoms with Crippen LogP contribution in [0, 0.1) is 29.1 Å². The molecule has 0 unspecified atom stereocenters. The van der Waals surface area contributed by atoms with Crippen LogP contribution in [-0.4, -0.2) is 15.9 Å². The molecule has 5 saturated carbocycles. The maximum atomic E-state index is 13.2. The molecule has 4 nitrogen and oxygen atoms in total. The molecule has 6 aliphatic rings. The smallest absolute Gasteiger partial charge is 0.225 e. The predicted molar refractivity (Wildman–Crippen MR) is 139 cm³/mol. The standard InChI is InChI=1S/C31H39N3O/c35-28(15-20-6-2-1-3-7-20)34-30-27(19-31-16-21-12-22(17-31)14-23(13-21)18-31)32-29-25-9-5-4-8-24(25)10-11-26(29)33-30/h4-5,8-9,20-23H,1-3,6-7,10-19H2,(H,33,34,35). The maximum absolute atomic E-state index is 13.2. The van der Waals surface area contributed by atoms with Crippen LogP contribution >= 0.6 is 0 Å². The van der Waals surface area contributed by atoms with E-state index in [1.807, 2.05) is 0 Å². The highest BCUT2D eigenvalue weighted by atomic mass is 16.1. The van der Waals surface area contributed by atoms with Gasteiger partial charge in [0.25, 0.3) is 0 Å². The molecule has 8 rings (SSSR count). The van der Waals surface area contributed by atoms with E-state index in [1.54, 1.807) is 0 Å². The lowest BCUT2D eigenvalue weighted by Gasteiger charge is -2.57. The molecule has 4 heteroatoms. The van der Waals surface area contributed by atoms with Crippen molar-refractivity contribution >= 4 is 11.7 Å². The molecule has 1 aromatic heterocycles. The Kier molecular flexibility index (Phi) is 5.48. The molecule has 35 heavy (non-hydrogen) atoms. The normalized spacial score (nSPS) is 31.1. The molecule has 0 radical (unpaired) electrons. The Morgan fingerprint density at radius 3 is 2.37 bits per heavy atom.